The Labute approximate surface area is 184 Å². The van der Waals surface area contributed by atoms with Gasteiger partial charge in [-0.1, -0.05) is 77.4 Å². The molecule has 2 aromatic carbocycles. The van der Waals surface area contributed by atoms with Crippen LogP contribution in [0.2, 0.25) is 10.0 Å². The van der Waals surface area contributed by atoms with Gasteiger partial charge in [-0.3, -0.25) is 0 Å². The first-order valence-corrected chi connectivity index (χ1v) is 10.6. The van der Waals surface area contributed by atoms with Crippen molar-refractivity contribution in [2.75, 3.05) is 6.61 Å². The predicted molar refractivity (Wildman–Crippen MR) is 123 cm³/mol. The van der Waals surface area contributed by atoms with Gasteiger partial charge in [-0.2, -0.15) is 0 Å². The van der Waals surface area contributed by atoms with Gasteiger partial charge in [0.15, 0.2) is 0 Å². The Morgan fingerprint density at radius 1 is 1.21 bits per heavy atom. The number of nitrogens with zero attached hydrogens (tertiary/aromatic N) is 2. The van der Waals surface area contributed by atoms with Gasteiger partial charge in [-0.05, 0) is 41.6 Å². The molecule has 0 aliphatic heterocycles. The van der Waals surface area contributed by atoms with Crippen molar-refractivity contribution in [2.45, 2.75) is 11.8 Å². The second kappa shape index (κ2) is 10.7. The Morgan fingerprint density at radius 3 is 2.75 bits per heavy atom. The zero-order valence-electron chi connectivity index (χ0n) is 14.9. The van der Waals surface area contributed by atoms with Crippen LogP contribution in [0.4, 0.5) is 0 Å². The molecule has 3 nitrogen and oxygen atoms in total. The summed E-state index contributed by atoms with van der Waals surface area (Å²) in [6, 6.07) is 15.6. The number of thioether (sulfide) groups is 1. The van der Waals surface area contributed by atoms with Crippen LogP contribution in [0.3, 0.4) is 0 Å². The molecule has 0 aliphatic carbocycles. The number of halogens is 2. The molecule has 0 amide bonds. The molecule has 1 aromatic heterocycles. The van der Waals surface area contributed by atoms with Gasteiger partial charge in [-0.25, -0.2) is 4.98 Å². The van der Waals surface area contributed by atoms with Crippen LogP contribution in [-0.2, 0) is 11.3 Å². The molecule has 0 fully saturated rings. The van der Waals surface area contributed by atoms with E-state index in [1.165, 1.54) is 11.8 Å². The highest BCUT2D eigenvalue weighted by atomic mass is 35.5. The van der Waals surface area contributed by atoms with Gasteiger partial charge in [-0.15, -0.1) is 0 Å². The van der Waals surface area contributed by atoms with Crippen LogP contribution in [0.15, 0.2) is 73.3 Å². The maximum Gasteiger partial charge on any atom is 0.220 e. The fourth-order valence-electron chi connectivity index (χ4n) is 2.56. The standard InChI is InChI=1S/C21H18Cl2N2OS2/c22-17-8-9-18(19(23)13-17)20(14-25-11-10-24-15-25)28-21(27)26-12-4-7-16-5-2-1-3-6-16/h1-11,13,15,20H,12,14H2. The average molecular weight is 449 g/mol. The number of rotatable bonds is 7. The van der Waals surface area contributed by atoms with E-state index in [1.807, 2.05) is 65.4 Å². The van der Waals surface area contributed by atoms with Crippen molar-refractivity contribution < 1.29 is 4.74 Å². The number of imidazole rings is 1. The lowest BCUT2D eigenvalue weighted by Gasteiger charge is -2.19. The maximum atomic E-state index is 6.42. The quantitative estimate of drug-likeness (QED) is 0.376. The van der Waals surface area contributed by atoms with Gasteiger partial charge in [0.1, 0.15) is 6.61 Å². The van der Waals surface area contributed by atoms with E-state index in [0.717, 1.165) is 11.1 Å². The Balaban J connectivity index is 1.63. The molecule has 1 unspecified atom stereocenters. The van der Waals surface area contributed by atoms with Gasteiger partial charge in [0, 0.05) is 29.0 Å². The minimum absolute atomic E-state index is 0.0235. The lowest BCUT2D eigenvalue weighted by molar-refractivity contribution is 0.371. The Bertz CT molecular complexity index is 931. The van der Waals surface area contributed by atoms with E-state index in [4.69, 9.17) is 40.2 Å². The third-order valence-corrected chi connectivity index (χ3v) is 5.86. The number of hydrogen-bond acceptors (Lipinski definition) is 4. The minimum atomic E-state index is -0.0235. The van der Waals surface area contributed by atoms with Crippen LogP contribution in [0.1, 0.15) is 16.4 Å². The summed E-state index contributed by atoms with van der Waals surface area (Å²) in [4.78, 5) is 4.10. The van der Waals surface area contributed by atoms with Crippen LogP contribution in [-0.4, -0.2) is 20.5 Å². The van der Waals surface area contributed by atoms with Crippen molar-refractivity contribution >= 4 is 57.6 Å². The topological polar surface area (TPSA) is 27.1 Å². The van der Waals surface area contributed by atoms with Crippen LogP contribution < -0.4 is 0 Å². The van der Waals surface area contributed by atoms with Crippen molar-refractivity contribution in [1.29, 1.82) is 0 Å². The molecule has 0 saturated heterocycles. The number of benzene rings is 2. The summed E-state index contributed by atoms with van der Waals surface area (Å²) < 4.78 is 8.17. The monoisotopic (exact) mass is 448 g/mol. The molecule has 0 N–H and O–H groups in total. The Hall–Kier alpha value is -1.79. The van der Waals surface area contributed by atoms with E-state index in [2.05, 4.69) is 4.98 Å². The van der Waals surface area contributed by atoms with Gasteiger partial charge >= 0.3 is 0 Å². The van der Waals surface area contributed by atoms with Gasteiger partial charge in [0.25, 0.3) is 0 Å². The van der Waals surface area contributed by atoms with E-state index in [0.29, 0.717) is 27.6 Å². The van der Waals surface area contributed by atoms with E-state index in [1.54, 1.807) is 18.6 Å². The summed E-state index contributed by atoms with van der Waals surface area (Å²) in [6.07, 6.45) is 9.37. The molecule has 3 aromatic rings. The largest absolute Gasteiger partial charge is 0.474 e. The fourth-order valence-corrected chi connectivity index (χ4v) is 4.53. The van der Waals surface area contributed by atoms with Crippen molar-refractivity contribution in [2.24, 2.45) is 0 Å². The second-order valence-electron chi connectivity index (χ2n) is 5.91. The molecule has 3 rings (SSSR count). The molecule has 0 saturated carbocycles. The van der Waals surface area contributed by atoms with E-state index < -0.39 is 0 Å². The zero-order valence-corrected chi connectivity index (χ0v) is 18.0. The van der Waals surface area contributed by atoms with Crippen LogP contribution in [0.25, 0.3) is 6.08 Å². The molecule has 0 spiro atoms. The molecule has 0 aliphatic rings. The van der Waals surface area contributed by atoms with Gasteiger partial charge < -0.3 is 9.30 Å². The average Bonchev–Trinajstić information content (AvgIpc) is 3.19. The Morgan fingerprint density at radius 2 is 2.04 bits per heavy atom. The van der Waals surface area contributed by atoms with Gasteiger partial charge in [0.05, 0.1) is 11.6 Å². The lowest BCUT2D eigenvalue weighted by atomic mass is 10.1. The van der Waals surface area contributed by atoms with Crippen molar-refractivity contribution in [3.63, 3.8) is 0 Å². The first kappa shape index (κ1) is 20.9. The first-order valence-electron chi connectivity index (χ1n) is 8.57. The molecule has 1 heterocycles. The number of hydrogen-bond donors (Lipinski definition) is 0. The minimum Gasteiger partial charge on any atom is -0.474 e. The van der Waals surface area contributed by atoms with E-state index >= 15 is 0 Å². The maximum absolute atomic E-state index is 6.42. The predicted octanol–water partition coefficient (Wildman–Crippen LogP) is 6.68. The van der Waals surface area contributed by atoms with E-state index in [-0.39, 0.29) is 5.25 Å². The number of thiocarbonyl (C=S) groups is 1. The molecule has 0 bridgehead atoms. The Kier molecular flexibility index (Phi) is 7.98. The summed E-state index contributed by atoms with van der Waals surface area (Å²) in [5, 5.41) is 1.19. The molecule has 28 heavy (non-hydrogen) atoms. The SMILES string of the molecule is S=C(OCC=Cc1ccccc1)SC(Cn1ccnc1)c1ccc(Cl)cc1Cl. The first-order chi connectivity index (χ1) is 13.6. The highest BCUT2D eigenvalue weighted by molar-refractivity contribution is 8.22. The smallest absolute Gasteiger partial charge is 0.220 e. The summed E-state index contributed by atoms with van der Waals surface area (Å²) in [5.74, 6) is 0. The second-order valence-corrected chi connectivity index (χ2v) is 8.55. The zero-order chi connectivity index (χ0) is 19.8. The normalized spacial score (nSPS) is 12.2. The summed E-state index contributed by atoms with van der Waals surface area (Å²) in [5.41, 5.74) is 2.08. The van der Waals surface area contributed by atoms with Crippen molar-refractivity contribution in [3.05, 3.63) is 94.5 Å². The number of aromatic nitrogens is 2. The third-order valence-electron chi connectivity index (χ3n) is 3.89. The highest BCUT2D eigenvalue weighted by Gasteiger charge is 2.19. The van der Waals surface area contributed by atoms with Crippen molar-refractivity contribution in [1.82, 2.24) is 9.55 Å². The molecular weight excluding hydrogens is 431 g/mol. The molecule has 0 radical (unpaired) electrons. The fraction of sp³-hybridized carbons (Fsp3) is 0.143. The van der Waals surface area contributed by atoms with Crippen molar-refractivity contribution in [3.8, 4) is 0 Å². The molecule has 1 atom stereocenters. The lowest BCUT2D eigenvalue weighted by Crippen LogP contribution is -2.09. The molecule has 144 valence electrons. The van der Waals surface area contributed by atoms with Crippen LogP contribution in [0.5, 0.6) is 0 Å². The summed E-state index contributed by atoms with van der Waals surface area (Å²) in [7, 11) is 0. The number of ether oxygens (including phenoxy) is 1. The van der Waals surface area contributed by atoms with Crippen LogP contribution >= 0.6 is 47.2 Å². The van der Waals surface area contributed by atoms with E-state index in [9.17, 15) is 0 Å². The van der Waals surface area contributed by atoms with Gasteiger partial charge in [0.2, 0.25) is 4.38 Å². The summed E-state index contributed by atoms with van der Waals surface area (Å²) in [6.45, 7) is 1.07. The van der Waals surface area contributed by atoms with Crippen LogP contribution in [0, 0.1) is 0 Å². The molecule has 7 heteroatoms. The third kappa shape index (κ3) is 6.38. The molecular formula is C21H18Cl2N2OS2. The summed E-state index contributed by atoms with van der Waals surface area (Å²) >= 11 is 19.4. The highest BCUT2D eigenvalue weighted by Crippen LogP contribution is 2.37.